The van der Waals surface area contributed by atoms with Crippen molar-refractivity contribution < 1.29 is 0 Å². The first-order chi connectivity index (χ1) is 7.56. The minimum absolute atomic E-state index is 0.312. The molecule has 3 heteroatoms. The Morgan fingerprint density at radius 2 is 2.19 bits per heavy atom. The fourth-order valence-corrected chi connectivity index (χ4v) is 3.62. The minimum Gasteiger partial charge on any atom is -0.388 e. The van der Waals surface area contributed by atoms with Crippen LogP contribution in [0.3, 0.4) is 0 Å². The summed E-state index contributed by atoms with van der Waals surface area (Å²) in [5.74, 6) is 3.26. The highest BCUT2D eigenvalue weighted by atomic mass is 15.1. The molecule has 2 aliphatic rings. The fourth-order valence-electron chi connectivity index (χ4n) is 3.62. The van der Waals surface area contributed by atoms with E-state index in [4.69, 9.17) is 11.1 Å². The molecule has 0 heterocycles. The van der Waals surface area contributed by atoms with E-state index in [2.05, 4.69) is 18.9 Å². The SMILES string of the molecule is CC(CC(=N)N)N(C)CC1CC2CCC1C2. The number of amidine groups is 1. The fraction of sp³-hybridized carbons (Fsp3) is 0.923. The zero-order valence-electron chi connectivity index (χ0n) is 10.6. The first kappa shape index (κ1) is 11.9. The largest absolute Gasteiger partial charge is 0.388 e. The summed E-state index contributed by atoms with van der Waals surface area (Å²) in [6.07, 6.45) is 6.58. The molecular weight excluding hydrogens is 198 g/mol. The highest BCUT2D eigenvalue weighted by Crippen LogP contribution is 2.48. The van der Waals surface area contributed by atoms with Crippen molar-refractivity contribution in [1.82, 2.24) is 4.90 Å². The van der Waals surface area contributed by atoms with Crippen LogP contribution in [0, 0.1) is 23.2 Å². The van der Waals surface area contributed by atoms with Gasteiger partial charge in [0.25, 0.3) is 0 Å². The molecule has 2 rings (SSSR count). The molecule has 3 nitrogen and oxygen atoms in total. The molecule has 2 saturated carbocycles. The van der Waals surface area contributed by atoms with Crippen LogP contribution >= 0.6 is 0 Å². The van der Waals surface area contributed by atoms with Crippen LogP contribution in [0.1, 0.15) is 39.0 Å². The zero-order valence-corrected chi connectivity index (χ0v) is 10.6. The predicted octanol–water partition coefficient (Wildman–Crippen LogP) is 2.07. The third-order valence-electron chi connectivity index (χ3n) is 4.67. The Labute approximate surface area is 98.9 Å². The van der Waals surface area contributed by atoms with E-state index >= 15 is 0 Å². The maximum Gasteiger partial charge on any atom is 0.0920 e. The maximum atomic E-state index is 7.34. The Morgan fingerprint density at radius 3 is 2.69 bits per heavy atom. The van der Waals surface area contributed by atoms with Gasteiger partial charge in [0.15, 0.2) is 0 Å². The monoisotopic (exact) mass is 223 g/mol. The zero-order chi connectivity index (χ0) is 11.7. The van der Waals surface area contributed by atoms with E-state index < -0.39 is 0 Å². The Hall–Kier alpha value is -0.570. The van der Waals surface area contributed by atoms with Gasteiger partial charge in [-0.05, 0) is 51.0 Å². The molecule has 0 aromatic rings. The van der Waals surface area contributed by atoms with E-state index in [9.17, 15) is 0 Å². The molecule has 2 fully saturated rings. The number of fused-ring (bicyclic) bond motifs is 2. The van der Waals surface area contributed by atoms with Crippen LogP contribution < -0.4 is 5.73 Å². The van der Waals surface area contributed by atoms with Crippen molar-refractivity contribution in [2.24, 2.45) is 23.5 Å². The van der Waals surface area contributed by atoms with Gasteiger partial charge in [-0.15, -0.1) is 0 Å². The van der Waals surface area contributed by atoms with Crippen molar-refractivity contribution in [2.75, 3.05) is 13.6 Å². The van der Waals surface area contributed by atoms with Gasteiger partial charge >= 0.3 is 0 Å². The van der Waals surface area contributed by atoms with E-state index in [1.807, 2.05) is 0 Å². The smallest absolute Gasteiger partial charge is 0.0920 e. The predicted molar refractivity (Wildman–Crippen MR) is 67.6 cm³/mol. The second-order valence-electron chi connectivity index (χ2n) is 5.95. The number of rotatable bonds is 5. The van der Waals surface area contributed by atoms with Crippen LogP contribution in [0.4, 0.5) is 0 Å². The van der Waals surface area contributed by atoms with Crippen molar-refractivity contribution >= 4 is 5.84 Å². The van der Waals surface area contributed by atoms with Gasteiger partial charge in [-0.1, -0.05) is 6.42 Å². The Bertz CT molecular complexity index is 264. The average molecular weight is 223 g/mol. The van der Waals surface area contributed by atoms with Crippen LogP contribution in [-0.4, -0.2) is 30.4 Å². The molecule has 2 aliphatic carbocycles. The van der Waals surface area contributed by atoms with E-state index in [0.29, 0.717) is 18.3 Å². The molecule has 4 atom stereocenters. The van der Waals surface area contributed by atoms with Crippen LogP contribution in [-0.2, 0) is 0 Å². The third-order valence-corrected chi connectivity index (χ3v) is 4.67. The molecule has 0 amide bonds. The molecule has 0 aromatic carbocycles. The topological polar surface area (TPSA) is 53.1 Å². The number of nitrogens with two attached hydrogens (primary N) is 1. The molecule has 4 unspecified atom stereocenters. The van der Waals surface area contributed by atoms with Gasteiger partial charge in [0, 0.05) is 19.0 Å². The van der Waals surface area contributed by atoms with Gasteiger partial charge in [-0.25, -0.2) is 0 Å². The summed E-state index contributed by atoms with van der Waals surface area (Å²) < 4.78 is 0. The van der Waals surface area contributed by atoms with Crippen molar-refractivity contribution in [3.8, 4) is 0 Å². The lowest BCUT2D eigenvalue weighted by molar-refractivity contribution is 0.183. The lowest BCUT2D eigenvalue weighted by atomic mass is 9.88. The highest BCUT2D eigenvalue weighted by molar-refractivity contribution is 5.77. The van der Waals surface area contributed by atoms with E-state index in [1.54, 1.807) is 0 Å². The lowest BCUT2D eigenvalue weighted by Gasteiger charge is -2.31. The van der Waals surface area contributed by atoms with Crippen LogP contribution in [0.5, 0.6) is 0 Å². The van der Waals surface area contributed by atoms with Crippen molar-refractivity contribution in [3.63, 3.8) is 0 Å². The molecule has 2 bridgehead atoms. The summed E-state index contributed by atoms with van der Waals surface area (Å²) >= 11 is 0. The molecule has 0 spiro atoms. The maximum absolute atomic E-state index is 7.34. The highest BCUT2D eigenvalue weighted by Gasteiger charge is 2.39. The van der Waals surface area contributed by atoms with E-state index in [1.165, 1.54) is 32.2 Å². The quantitative estimate of drug-likeness (QED) is 0.554. The number of hydrogen-bond acceptors (Lipinski definition) is 2. The van der Waals surface area contributed by atoms with Gasteiger partial charge < -0.3 is 10.6 Å². The summed E-state index contributed by atoms with van der Waals surface area (Å²) in [4.78, 5) is 2.40. The summed E-state index contributed by atoms with van der Waals surface area (Å²) in [6, 6.07) is 0.414. The van der Waals surface area contributed by atoms with E-state index in [-0.39, 0.29) is 0 Å². The molecule has 92 valence electrons. The number of nitrogens with one attached hydrogen (secondary N) is 1. The van der Waals surface area contributed by atoms with Crippen molar-refractivity contribution in [3.05, 3.63) is 0 Å². The molecule has 0 saturated heterocycles. The Balaban J connectivity index is 1.78. The second kappa shape index (κ2) is 4.74. The van der Waals surface area contributed by atoms with Gasteiger partial charge in [0.1, 0.15) is 0 Å². The van der Waals surface area contributed by atoms with Crippen LogP contribution in [0.15, 0.2) is 0 Å². The standard InChI is InChI=1S/C13H25N3/c1-9(5-13(14)15)16(2)8-12-7-10-3-4-11(12)6-10/h9-12H,3-8H2,1-2H3,(H3,14,15). The molecular formula is C13H25N3. The summed E-state index contributed by atoms with van der Waals surface area (Å²) in [6.45, 7) is 3.38. The lowest BCUT2D eigenvalue weighted by Crippen LogP contribution is -2.37. The van der Waals surface area contributed by atoms with E-state index in [0.717, 1.165) is 17.8 Å². The number of hydrogen-bond donors (Lipinski definition) is 2. The molecule has 16 heavy (non-hydrogen) atoms. The van der Waals surface area contributed by atoms with Gasteiger partial charge in [0.05, 0.1) is 5.84 Å². The average Bonchev–Trinajstić information content (AvgIpc) is 2.77. The molecule has 0 aromatic heterocycles. The van der Waals surface area contributed by atoms with Gasteiger partial charge in [-0.3, -0.25) is 5.41 Å². The first-order valence-electron chi connectivity index (χ1n) is 6.59. The Morgan fingerprint density at radius 1 is 1.44 bits per heavy atom. The molecule has 0 aliphatic heterocycles. The van der Waals surface area contributed by atoms with Crippen molar-refractivity contribution in [2.45, 2.75) is 45.1 Å². The number of nitrogens with zero attached hydrogens (tertiary/aromatic N) is 1. The van der Waals surface area contributed by atoms with Crippen LogP contribution in [0.25, 0.3) is 0 Å². The molecule has 3 N–H and O–H groups in total. The summed E-state index contributed by atoms with van der Waals surface area (Å²) in [5, 5.41) is 7.34. The third kappa shape index (κ3) is 2.57. The molecule has 0 radical (unpaired) electrons. The summed E-state index contributed by atoms with van der Waals surface area (Å²) in [5.41, 5.74) is 5.46. The minimum atomic E-state index is 0.312. The Kier molecular flexibility index (Phi) is 3.53. The first-order valence-corrected chi connectivity index (χ1v) is 6.59. The normalized spacial score (nSPS) is 34.6. The van der Waals surface area contributed by atoms with Gasteiger partial charge in [-0.2, -0.15) is 0 Å². The van der Waals surface area contributed by atoms with Crippen molar-refractivity contribution in [1.29, 1.82) is 5.41 Å². The second-order valence-corrected chi connectivity index (χ2v) is 5.95. The van der Waals surface area contributed by atoms with Gasteiger partial charge in [0.2, 0.25) is 0 Å². The summed E-state index contributed by atoms with van der Waals surface area (Å²) in [7, 11) is 2.18. The van der Waals surface area contributed by atoms with Crippen LogP contribution in [0.2, 0.25) is 0 Å².